The average molecular weight is 203 g/mol. The Morgan fingerprint density at radius 2 is 2.62 bits per heavy atom. The normalized spacial score (nSPS) is 23.8. The molecule has 2 atom stereocenters. The van der Waals surface area contributed by atoms with E-state index < -0.39 is 6.04 Å². The molecule has 0 radical (unpaired) electrons. The van der Waals surface area contributed by atoms with Crippen molar-refractivity contribution >= 4 is 22.9 Å². The van der Waals surface area contributed by atoms with Gasteiger partial charge in [-0.15, -0.1) is 0 Å². The molecule has 2 amide bonds. The van der Waals surface area contributed by atoms with Crippen molar-refractivity contribution in [2.75, 3.05) is 12.3 Å². The standard InChI is InChI=1S/C7H13N3O2S/c1-4(2-8)9-6(11)5-3-13-7(12)10-5/h4-5H,2-3,8H2,1H3,(H,9,11)(H,10,12)/t4-,5?/m1/s1. The Morgan fingerprint density at radius 3 is 3.08 bits per heavy atom. The summed E-state index contributed by atoms with van der Waals surface area (Å²) < 4.78 is 0. The van der Waals surface area contributed by atoms with Gasteiger partial charge in [-0.2, -0.15) is 0 Å². The van der Waals surface area contributed by atoms with E-state index >= 15 is 0 Å². The highest BCUT2D eigenvalue weighted by Gasteiger charge is 2.28. The largest absolute Gasteiger partial charge is 0.351 e. The number of carbonyl (C=O) groups is 2. The maximum atomic E-state index is 11.4. The van der Waals surface area contributed by atoms with Gasteiger partial charge in [-0.3, -0.25) is 9.59 Å². The molecule has 0 saturated carbocycles. The first kappa shape index (κ1) is 10.3. The fourth-order valence-electron chi connectivity index (χ4n) is 0.928. The molecule has 0 bridgehead atoms. The second kappa shape index (κ2) is 4.48. The highest BCUT2D eigenvalue weighted by Crippen LogP contribution is 2.12. The van der Waals surface area contributed by atoms with Crippen LogP contribution in [0.5, 0.6) is 0 Å². The van der Waals surface area contributed by atoms with Crippen LogP contribution >= 0.6 is 11.8 Å². The predicted octanol–water partition coefficient (Wildman–Crippen LogP) is -0.725. The summed E-state index contributed by atoms with van der Waals surface area (Å²) in [7, 11) is 0. The third-order valence-corrected chi connectivity index (χ3v) is 2.61. The topological polar surface area (TPSA) is 84.2 Å². The zero-order valence-electron chi connectivity index (χ0n) is 7.37. The van der Waals surface area contributed by atoms with E-state index in [2.05, 4.69) is 10.6 Å². The zero-order valence-corrected chi connectivity index (χ0v) is 8.19. The molecule has 13 heavy (non-hydrogen) atoms. The summed E-state index contributed by atoms with van der Waals surface area (Å²) in [6, 6.07) is -0.443. The minimum absolute atomic E-state index is 0.0463. The molecular weight excluding hydrogens is 190 g/mol. The van der Waals surface area contributed by atoms with Crippen LogP contribution < -0.4 is 16.4 Å². The lowest BCUT2D eigenvalue weighted by molar-refractivity contribution is -0.122. The van der Waals surface area contributed by atoms with Gasteiger partial charge in [0.25, 0.3) is 5.24 Å². The van der Waals surface area contributed by atoms with Crippen molar-refractivity contribution in [3.8, 4) is 0 Å². The van der Waals surface area contributed by atoms with Crippen LogP contribution in [0.1, 0.15) is 6.92 Å². The molecule has 1 aliphatic rings. The summed E-state index contributed by atoms with van der Waals surface area (Å²) in [5.74, 6) is 0.346. The van der Waals surface area contributed by atoms with Crippen LogP contribution in [0.25, 0.3) is 0 Å². The number of rotatable bonds is 3. The third kappa shape index (κ3) is 2.89. The van der Waals surface area contributed by atoms with E-state index in [0.29, 0.717) is 12.3 Å². The maximum absolute atomic E-state index is 11.4. The summed E-state index contributed by atoms with van der Waals surface area (Å²) in [6.45, 7) is 2.22. The van der Waals surface area contributed by atoms with E-state index in [4.69, 9.17) is 5.73 Å². The van der Waals surface area contributed by atoms with E-state index in [0.717, 1.165) is 11.8 Å². The summed E-state index contributed by atoms with van der Waals surface area (Å²) in [4.78, 5) is 22.1. The monoisotopic (exact) mass is 203 g/mol. The molecule has 0 aliphatic carbocycles. The summed E-state index contributed by atoms with van der Waals surface area (Å²) in [5, 5.41) is 5.12. The fourth-order valence-corrected chi connectivity index (χ4v) is 1.71. The number of thioether (sulfide) groups is 1. The smallest absolute Gasteiger partial charge is 0.279 e. The van der Waals surface area contributed by atoms with Crippen molar-refractivity contribution in [3.63, 3.8) is 0 Å². The van der Waals surface area contributed by atoms with Gasteiger partial charge >= 0.3 is 0 Å². The van der Waals surface area contributed by atoms with E-state index in [1.807, 2.05) is 6.92 Å². The van der Waals surface area contributed by atoms with Gasteiger partial charge in [0.05, 0.1) is 0 Å². The molecule has 0 spiro atoms. The molecule has 1 fully saturated rings. The molecule has 1 aliphatic heterocycles. The van der Waals surface area contributed by atoms with Crippen molar-refractivity contribution < 1.29 is 9.59 Å². The zero-order chi connectivity index (χ0) is 9.84. The van der Waals surface area contributed by atoms with Crippen LogP contribution in [0.4, 0.5) is 4.79 Å². The number of nitrogens with two attached hydrogens (primary N) is 1. The summed E-state index contributed by atoms with van der Waals surface area (Å²) in [6.07, 6.45) is 0. The molecule has 0 aromatic rings. The Kier molecular flexibility index (Phi) is 3.56. The van der Waals surface area contributed by atoms with Crippen molar-refractivity contribution in [1.29, 1.82) is 0 Å². The quantitative estimate of drug-likeness (QED) is 0.565. The Morgan fingerprint density at radius 1 is 1.92 bits per heavy atom. The Balaban J connectivity index is 2.35. The fraction of sp³-hybridized carbons (Fsp3) is 0.714. The van der Waals surface area contributed by atoms with Crippen molar-refractivity contribution in [3.05, 3.63) is 0 Å². The molecule has 6 heteroatoms. The first-order valence-electron chi connectivity index (χ1n) is 4.07. The lowest BCUT2D eigenvalue weighted by atomic mass is 10.2. The number of nitrogens with one attached hydrogen (secondary N) is 2. The molecule has 4 N–H and O–H groups in total. The molecule has 1 unspecified atom stereocenters. The van der Waals surface area contributed by atoms with Gasteiger partial charge in [0, 0.05) is 18.3 Å². The van der Waals surface area contributed by atoms with Gasteiger partial charge in [0.1, 0.15) is 6.04 Å². The second-order valence-corrected chi connectivity index (χ2v) is 3.93. The number of carbonyl (C=O) groups excluding carboxylic acids is 2. The van der Waals surface area contributed by atoms with E-state index in [9.17, 15) is 9.59 Å². The van der Waals surface area contributed by atoms with Gasteiger partial charge < -0.3 is 16.4 Å². The van der Waals surface area contributed by atoms with Crippen LogP contribution in [0.2, 0.25) is 0 Å². The molecule has 1 saturated heterocycles. The first-order chi connectivity index (χ1) is 6.13. The van der Waals surface area contributed by atoms with Gasteiger partial charge in [-0.1, -0.05) is 11.8 Å². The van der Waals surface area contributed by atoms with Crippen molar-refractivity contribution in [2.45, 2.75) is 19.0 Å². The van der Waals surface area contributed by atoms with Crippen LogP contribution in [0, 0.1) is 0 Å². The summed E-state index contributed by atoms with van der Waals surface area (Å²) in [5.41, 5.74) is 5.34. The number of amides is 2. The Labute approximate surface area is 80.8 Å². The molecule has 0 aromatic heterocycles. The molecule has 74 valence electrons. The molecule has 1 rings (SSSR count). The maximum Gasteiger partial charge on any atom is 0.279 e. The van der Waals surface area contributed by atoms with Gasteiger partial charge in [-0.05, 0) is 6.92 Å². The number of hydrogen-bond acceptors (Lipinski definition) is 4. The van der Waals surface area contributed by atoms with Crippen molar-refractivity contribution in [2.24, 2.45) is 5.73 Å². The van der Waals surface area contributed by atoms with Gasteiger partial charge in [0.2, 0.25) is 5.91 Å². The first-order valence-corrected chi connectivity index (χ1v) is 5.05. The van der Waals surface area contributed by atoms with E-state index in [-0.39, 0.29) is 17.2 Å². The predicted molar refractivity (Wildman–Crippen MR) is 51.4 cm³/mol. The van der Waals surface area contributed by atoms with Crippen LogP contribution in [0.3, 0.4) is 0 Å². The number of hydrogen-bond donors (Lipinski definition) is 3. The van der Waals surface area contributed by atoms with E-state index in [1.165, 1.54) is 0 Å². The Bertz CT molecular complexity index is 222. The van der Waals surface area contributed by atoms with Crippen LogP contribution in [-0.4, -0.2) is 35.5 Å². The van der Waals surface area contributed by atoms with Crippen molar-refractivity contribution in [1.82, 2.24) is 10.6 Å². The average Bonchev–Trinajstić information content (AvgIpc) is 2.51. The molecule has 1 heterocycles. The SMILES string of the molecule is C[C@H](CN)NC(=O)C1CSC(=O)N1. The highest BCUT2D eigenvalue weighted by atomic mass is 32.2. The van der Waals surface area contributed by atoms with Crippen LogP contribution in [0.15, 0.2) is 0 Å². The molecular formula is C7H13N3O2S. The lowest BCUT2D eigenvalue weighted by Gasteiger charge is -2.14. The summed E-state index contributed by atoms with van der Waals surface area (Å²) >= 11 is 1.13. The molecule has 5 nitrogen and oxygen atoms in total. The second-order valence-electron chi connectivity index (χ2n) is 2.94. The van der Waals surface area contributed by atoms with Gasteiger partial charge in [0.15, 0.2) is 0 Å². The minimum atomic E-state index is -0.397. The minimum Gasteiger partial charge on any atom is -0.351 e. The lowest BCUT2D eigenvalue weighted by Crippen LogP contribution is -2.48. The van der Waals surface area contributed by atoms with Crippen LogP contribution in [-0.2, 0) is 4.79 Å². The van der Waals surface area contributed by atoms with Gasteiger partial charge in [-0.25, -0.2) is 0 Å². The highest BCUT2D eigenvalue weighted by molar-refractivity contribution is 8.14. The third-order valence-electron chi connectivity index (χ3n) is 1.73. The molecule has 0 aromatic carbocycles. The Hall–Kier alpha value is -0.750. The van der Waals surface area contributed by atoms with E-state index in [1.54, 1.807) is 0 Å².